The highest BCUT2D eigenvalue weighted by Crippen LogP contribution is 2.40. The third-order valence-corrected chi connectivity index (χ3v) is 5.27. The molecule has 1 fully saturated rings. The summed E-state index contributed by atoms with van der Waals surface area (Å²) in [4.78, 5) is 12.4. The topological polar surface area (TPSA) is 55.1 Å². The predicted octanol–water partition coefficient (Wildman–Crippen LogP) is 3.84. The van der Waals surface area contributed by atoms with Gasteiger partial charge in [-0.05, 0) is 36.1 Å². The van der Waals surface area contributed by atoms with E-state index in [9.17, 15) is 9.18 Å². The van der Waals surface area contributed by atoms with Crippen LogP contribution in [0.4, 0.5) is 4.39 Å². The number of carbonyl (C=O) groups excluding carboxylic acids is 1. The minimum atomic E-state index is -0.299. The zero-order chi connectivity index (χ0) is 17.7. The van der Waals surface area contributed by atoms with Crippen LogP contribution in [0, 0.1) is 5.82 Å². The Balaban J connectivity index is 1.62. The molecule has 4 heteroatoms. The van der Waals surface area contributed by atoms with Crippen LogP contribution in [0.1, 0.15) is 49.3 Å². The molecule has 0 bridgehead atoms. The van der Waals surface area contributed by atoms with Gasteiger partial charge in [0.15, 0.2) is 0 Å². The molecule has 132 valence electrons. The predicted molar refractivity (Wildman–Crippen MR) is 97.5 cm³/mol. The molecule has 1 amide bonds. The summed E-state index contributed by atoms with van der Waals surface area (Å²) in [5.41, 5.74) is 8.13. The summed E-state index contributed by atoms with van der Waals surface area (Å²) in [6.07, 6.45) is 4.57. The molecule has 0 heterocycles. The van der Waals surface area contributed by atoms with E-state index in [4.69, 9.17) is 5.73 Å². The van der Waals surface area contributed by atoms with Crippen molar-refractivity contribution in [1.82, 2.24) is 5.32 Å². The fraction of sp³-hybridized carbons (Fsp3) is 0.381. The Morgan fingerprint density at radius 2 is 1.72 bits per heavy atom. The van der Waals surface area contributed by atoms with E-state index in [1.54, 1.807) is 0 Å². The second kappa shape index (κ2) is 7.79. The molecule has 3 nitrogen and oxygen atoms in total. The second-order valence-electron chi connectivity index (χ2n) is 6.99. The Labute approximate surface area is 148 Å². The summed E-state index contributed by atoms with van der Waals surface area (Å²) in [6.45, 7) is 0.582. The normalized spacial score (nSPS) is 17.2. The van der Waals surface area contributed by atoms with Crippen molar-refractivity contribution in [3.8, 4) is 0 Å². The fourth-order valence-electron chi connectivity index (χ4n) is 3.78. The lowest BCUT2D eigenvalue weighted by atomic mass is 9.78. The number of nitrogens with one attached hydrogen (secondary N) is 1. The van der Waals surface area contributed by atoms with E-state index in [2.05, 4.69) is 5.32 Å². The van der Waals surface area contributed by atoms with E-state index in [-0.39, 0.29) is 29.6 Å². The van der Waals surface area contributed by atoms with Crippen LogP contribution in [0.3, 0.4) is 0 Å². The highest BCUT2D eigenvalue weighted by atomic mass is 19.1. The molecular formula is C21H25FN2O. The van der Waals surface area contributed by atoms with Crippen LogP contribution in [0.15, 0.2) is 54.6 Å². The highest BCUT2D eigenvalue weighted by molar-refractivity contribution is 5.77. The third kappa shape index (κ3) is 4.26. The number of hydrogen-bond acceptors (Lipinski definition) is 2. The first-order chi connectivity index (χ1) is 12.1. The summed E-state index contributed by atoms with van der Waals surface area (Å²) >= 11 is 0. The van der Waals surface area contributed by atoms with Gasteiger partial charge in [-0.2, -0.15) is 0 Å². The lowest BCUT2D eigenvalue weighted by Crippen LogP contribution is -2.39. The van der Waals surface area contributed by atoms with Gasteiger partial charge in [0, 0.05) is 24.4 Å². The highest BCUT2D eigenvalue weighted by Gasteiger charge is 2.35. The average Bonchev–Trinajstić information content (AvgIpc) is 3.11. The first-order valence-electron chi connectivity index (χ1n) is 8.92. The van der Waals surface area contributed by atoms with Crippen molar-refractivity contribution in [2.45, 2.75) is 43.6 Å². The van der Waals surface area contributed by atoms with Gasteiger partial charge in [0.1, 0.15) is 5.82 Å². The van der Waals surface area contributed by atoms with Gasteiger partial charge < -0.3 is 11.1 Å². The van der Waals surface area contributed by atoms with Crippen molar-refractivity contribution in [2.75, 3.05) is 6.54 Å². The maximum Gasteiger partial charge on any atom is 0.221 e. The van der Waals surface area contributed by atoms with Crippen molar-refractivity contribution in [3.05, 3.63) is 71.5 Å². The smallest absolute Gasteiger partial charge is 0.221 e. The first-order valence-corrected chi connectivity index (χ1v) is 8.92. The Morgan fingerprint density at radius 1 is 1.08 bits per heavy atom. The van der Waals surface area contributed by atoms with Gasteiger partial charge in [0.05, 0.1) is 0 Å². The van der Waals surface area contributed by atoms with Crippen molar-refractivity contribution in [3.63, 3.8) is 0 Å². The lowest BCUT2D eigenvalue weighted by Gasteiger charge is -2.30. The molecule has 1 atom stereocenters. The van der Waals surface area contributed by atoms with E-state index in [0.29, 0.717) is 6.54 Å². The Hall–Kier alpha value is -2.20. The fourth-order valence-corrected chi connectivity index (χ4v) is 3.78. The maximum atomic E-state index is 13.2. The molecule has 25 heavy (non-hydrogen) atoms. The van der Waals surface area contributed by atoms with Crippen LogP contribution in [0.5, 0.6) is 0 Å². The molecule has 3 N–H and O–H groups in total. The molecule has 1 aliphatic rings. The van der Waals surface area contributed by atoms with Gasteiger partial charge in [0.25, 0.3) is 0 Å². The Morgan fingerprint density at radius 3 is 2.36 bits per heavy atom. The van der Waals surface area contributed by atoms with Crippen LogP contribution in [-0.4, -0.2) is 12.5 Å². The lowest BCUT2D eigenvalue weighted by molar-refractivity contribution is -0.121. The van der Waals surface area contributed by atoms with E-state index in [1.165, 1.54) is 12.1 Å². The van der Waals surface area contributed by atoms with Crippen molar-refractivity contribution in [1.29, 1.82) is 0 Å². The zero-order valence-electron chi connectivity index (χ0n) is 14.4. The zero-order valence-corrected chi connectivity index (χ0v) is 14.4. The third-order valence-electron chi connectivity index (χ3n) is 5.27. The molecule has 1 unspecified atom stereocenters. The monoisotopic (exact) mass is 340 g/mol. The van der Waals surface area contributed by atoms with Crippen LogP contribution in [0.2, 0.25) is 0 Å². The average molecular weight is 340 g/mol. The number of amides is 1. The van der Waals surface area contributed by atoms with Crippen molar-refractivity contribution >= 4 is 5.91 Å². The van der Waals surface area contributed by atoms with Gasteiger partial charge in [-0.1, -0.05) is 55.3 Å². The minimum Gasteiger partial charge on any atom is -0.355 e. The molecule has 0 aliphatic heterocycles. The van der Waals surface area contributed by atoms with E-state index in [0.717, 1.165) is 36.8 Å². The molecule has 1 aliphatic carbocycles. The second-order valence-corrected chi connectivity index (χ2v) is 6.99. The van der Waals surface area contributed by atoms with Crippen LogP contribution >= 0.6 is 0 Å². The molecule has 0 radical (unpaired) electrons. The minimum absolute atomic E-state index is 0.0373. The van der Waals surface area contributed by atoms with Crippen LogP contribution in [-0.2, 0) is 10.2 Å². The number of carbonyl (C=O) groups is 1. The summed E-state index contributed by atoms with van der Waals surface area (Å²) in [6, 6.07) is 16.1. The maximum absolute atomic E-state index is 13.2. The van der Waals surface area contributed by atoms with Gasteiger partial charge in [-0.25, -0.2) is 4.39 Å². The molecule has 0 spiro atoms. The SMILES string of the molecule is NC(CC(=O)NCC1(c2ccc(F)cc2)CCCC1)c1ccccc1. The number of halogens is 1. The summed E-state index contributed by atoms with van der Waals surface area (Å²) < 4.78 is 13.2. The van der Waals surface area contributed by atoms with Gasteiger partial charge >= 0.3 is 0 Å². The molecule has 2 aromatic carbocycles. The number of nitrogens with two attached hydrogens (primary N) is 1. The first kappa shape index (κ1) is 17.6. The van der Waals surface area contributed by atoms with E-state index >= 15 is 0 Å². The molecule has 3 rings (SSSR count). The number of benzene rings is 2. The van der Waals surface area contributed by atoms with Gasteiger partial charge in [0.2, 0.25) is 5.91 Å². The Bertz CT molecular complexity index is 694. The molecular weight excluding hydrogens is 315 g/mol. The summed E-state index contributed by atoms with van der Waals surface area (Å²) in [5.74, 6) is -0.264. The number of rotatable bonds is 6. The van der Waals surface area contributed by atoms with E-state index in [1.807, 2.05) is 42.5 Å². The van der Waals surface area contributed by atoms with Gasteiger partial charge in [-0.3, -0.25) is 4.79 Å². The molecule has 0 aromatic heterocycles. The van der Waals surface area contributed by atoms with Crippen molar-refractivity contribution < 1.29 is 9.18 Å². The van der Waals surface area contributed by atoms with Crippen LogP contribution < -0.4 is 11.1 Å². The standard InChI is InChI=1S/C21H25FN2O/c22-18-10-8-17(9-11-18)21(12-4-5-13-21)15-24-20(25)14-19(23)16-6-2-1-3-7-16/h1-3,6-11,19H,4-5,12-15,23H2,(H,24,25). The summed E-state index contributed by atoms with van der Waals surface area (Å²) in [7, 11) is 0. The van der Waals surface area contributed by atoms with Gasteiger partial charge in [-0.15, -0.1) is 0 Å². The molecule has 0 saturated heterocycles. The molecule has 2 aromatic rings. The molecule has 1 saturated carbocycles. The van der Waals surface area contributed by atoms with Crippen LogP contribution in [0.25, 0.3) is 0 Å². The summed E-state index contributed by atoms with van der Waals surface area (Å²) in [5, 5.41) is 3.07. The Kier molecular flexibility index (Phi) is 5.49. The quantitative estimate of drug-likeness (QED) is 0.839. The number of hydrogen-bond donors (Lipinski definition) is 2. The largest absolute Gasteiger partial charge is 0.355 e. The van der Waals surface area contributed by atoms with E-state index < -0.39 is 0 Å². The van der Waals surface area contributed by atoms with Crippen molar-refractivity contribution in [2.24, 2.45) is 5.73 Å².